The molecule has 1 aromatic heterocycles. The number of halogens is 4. The molecule has 0 bridgehead atoms. The molecule has 0 aliphatic rings. The van der Waals surface area contributed by atoms with E-state index in [2.05, 4.69) is 10.6 Å². The summed E-state index contributed by atoms with van der Waals surface area (Å²) in [6.45, 7) is 2.79. The molecular weight excluding hydrogens is 402 g/mol. The summed E-state index contributed by atoms with van der Waals surface area (Å²) >= 11 is 0. The molecule has 5 nitrogen and oxygen atoms in total. The van der Waals surface area contributed by atoms with Crippen molar-refractivity contribution in [2.24, 2.45) is 0 Å². The van der Waals surface area contributed by atoms with Crippen molar-refractivity contribution in [1.29, 1.82) is 0 Å². The highest BCUT2D eigenvalue weighted by Gasteiger charge is 2.20. The van der Waals surface area contributed by atoms with Crippen LogP contribution in [-0.2, 0) is 4.79 Å². The van der Waals surface area contributed by atoms with E-state index >= 15 is 0 Å². The fourth-order valence-corrected chi connectivity index (χ4v) is 3.07. The second-order valence-electron chi connectivity index (χ2n) is 6.53. The lowest BCUT2D eigenvalue weighted by Gasteiger charge is -2.11. The molecule has 2 amide bonds. The minimum absolute atomic E-state index is 0.225. The predicted molar refractivity (Wildman–Crippen MR) is 102 cm³/mol. The lowest BCUT2D eigenvalue weighted by atomic mass is 10.2. The zero-order valence-corrected chi connectivity index (χ0v) is 16.0. The molecule has 2 aromatic carbocycles. The number of aryl methyl sites for hydroxylation is 1. The minimum Gasteiger partial charge on any atom is -0.343 e. The molecule has 156 valence electrons. The second-order valence-corrected chi connectivity index (χ2v) is 6.53. The van der Waals surface area contributed by atoms with Crippen LogP contribution in [0.15, 0.2) is 42.5 Å². The van der Waals surface area contributed by atoms with Crippen LogP contribution >= 0.6 is 0 Å². The first-order valence-electron chi connectivity index (χ1n) is 8.86. The first kappa shape index (κ1) is 21.1. The smallest absolute Gasteiger partial charge is 0.253 e. The van der Waals surface area contributed by atoms with Crippen LogP contribution in [0.3, 0.4) is 0 Å². The summed E-state index contributed by atoms with van der Waals surface area (Å²) in [4.78, 5) is 24.4. The molecule has 0 aliphatic carbocycles. The van der Waals surface area contributed by atoms with E-state index in [1.165, 1.54) is 6.07 Å². The van der Waals surface area contributed by atoms with Gasteiger partial charge < -0.3 is 15.2 Å². The summed E-state index contributed by atoms with van der Waals surface area (Å²) in [6.07, 6.45) is 0. The van der Waals surface area contributed by atoms with Crippen molar-refractivity contribution in [3.05, 3.63) is 82.7 Å². The van der Waals surface area contributed by atoms with E-state index < -0.39 is 47.3 Å². The molecule has 0 fully saturated rings. The first-order chi connectivity index (χ1) is 14.2. The summed E-state index contributed by atoms with van der Waals surface area (Å²) in [5, 5.41) is 4.42. The van der Waals surface area contributed by atoms with E-state index in [0.29, 0.717) is 17.5 Å². The highest BCUT2D eigenvalue weighted by molar-refractivity contribution is 6.00. The largest absolute Gasteiger partial charge is 0.343 e. The number of nitrogens with zero attached hydrogens (tertiary/aromatic N) is 1. The molecule has 0 unspecified atom stereocenters. The maximum atomic E-state index is 14.1. The second kappa shape index (κ2) is 8.40. The van der Waals surface area contributed by atoms with Crippen molar-refractivity contribution in [1.82, 2.24) is 9.88 Å². The number of nitrogens with one attached hydrogen (secondary N) is 2. The fourth-order valence-electron chi connectivity index (χ4n) is 3.07. The molecule has 1 heterocycles. The number of carbonyl (C=O) groups is 2. The van der Waals surface area contributed by atoms with Gasteiger partial charge in [0.25, 0.3) is 5.91 Å². The number of anilines is 1. The summed E-state index contributed by atoms with van der Waals surface area (Å²) in [5.41, 5.74) is 1.02. The number of aromatic nitrogens is 1. The van der Waals surface area contributed by atoms with Gasteiger partial charge in [0, 0.05) is 11.4 Å². The Balaban J connectivity index is 1.71. The van der Waals surface area contributed by atoms with Crippen LogP contribution in [0.5, 0.6) is 0 Å². The van der Waals surface area contributed by atoms with Gasteiger partial charge in [-0.1, -0.05) is 12.1 Å². The van der Waals surface area contributed by atoms with Gasteiger partial charge in [-0.3, -0.25) is 9.59 Å². The van der Waals surface area contributed by atoms with Crippen molar-refractivity contribution < 1.29 is 27.2 Å². The molecule has 30 heavy (non-hydrogen) atoms. The van der Waals surface area contributed by atoms with E-state index in [1.807, 2.05) is 0 Å². The molecule has 0 radical (unpaired) electrons. The topological polar surface area (TPSA) is 63.1 Å². The predicted octanol–water partition coefficient (Wildman–Crippen LogP) is 4.02. The van der Waals surface area contributed by atoms with E-state index in [-0.39, 0.29) is 11.3 Å². The number of benzene rings is 2. The van der Waals surface area contributed by atoms with Crippen molar-refractivity contribution in [2.45, 2.75) is 13.8 Å². The van der Waals surface area contributed by atoms with Gasteiger partial charge in [0.15, 0.2) is 17.5 Å². The third kappa shape index (κ3) is 4.05. The van der Waals surface area contributed by atoms with E-state index in [9.17, 15) is 27.2 Å². The lowest BCUT2D eigenvalue weighted by Crippen LogP contribution is -2.33. The van der Waals surface area contributed by atoms with Gasteiger partial charge in [-0.05, 0) is 44.2 Å². The van der Waals surface area contributed by atoms with Crippen LogP contribution in [0.4, 0.5) is 23.2 Å². The Hall–Kier alpha value is -3.62. The van der Waals surface area contributed by atoms with Crippen LogP contribution in [0.2, 0.25) is 0 Å². The number of para-hydroxylation sites is 1. The van der Waals surface area contributed by atoms with Gasteiger partial charge in [0.05, 0.1) is 23.5 Å². The molecule has 0 saturated heterocycles. The van der Waals surface area contributed by atoms with Crippen molar-refractivity contribution >= 4 is 17.5 Å². The van der Waals surface area contributed by atoms with Gasteiger partial charge in [0.1, 0.15) is 5.82 Å². The summed E-state index contributed by atoms with van der Waals surface area (Å²) < 4.78 is 55.5. The molecule has 3 rings (SSSR count). The number of amides is 2. The summed E-state index contributed by atoms with van der Waals surface area (Å²) in [5.74, 6) is -6.54. The van der Waals surface area contributed by atoms with Crippen molar-refractivity contribution in [2.75, 3.05) is 11.9 Å². The zero-order valence-electron chi connectivity index (χ0n) is 16.0. The van der Waals surface area contributed by atoms with Gasteiger partial charge in [-0.15, -0.1) is 0 Å². The normalized spacial score (nSPS) is 10.7. The average Bonchev–Trinajstić information content (AvgIpc) is 3.01. The Morgan fingerprint density at radius 3 is 2.33 bits per heavy atom. The molecule has 0 spiro atoms. The number of rotatable bonds is 5. The number of hydrogen-bond acceptors (Lipinski definition) is 2. The van der Waals surface area contributed by atoms with E-state index in [0.717, 1.165) is 6.07 Å². The van der Waals surface area contributed by atoms with Gasteiger partial charge in [-0.25, -0.2) is 17.6 Å². The quantitative estimate of drug-likeness (QED) is 0.485. The van der Waals surface area contributed by atoms with Crippen LogP contribution in [0, 0.1) is 37.1 Å². The van der Waals surface area contributed by atoms with Gasteiger partial charge in [-0.2, -0.15) is 0 Å². The standard InChI is InChI=1S/C21H17F4N3O2/c1-11-9-13(12(2)28(11)17-6-4-3-5-14(17)22)21(30)26-10-18(29)27-16-8-7-15(23)19(24)20(16)25/h3-9H,10H2,1-2H3,(H,26,30)(H,27,29). The Labute approximate surface area is 169 Å². The minimum atomic E-state index is -1.71. The molecule has 9 heteroatoms. The lowest BCUT2D eigenvalue weighted by molar-refractivity contribution is -0.115. The van der Waals surface area contributed by atoms with Crippen LogP contribution < -0.4 is 10.6 Å². The average molecular weight is 419 g/mol. The van der Waals surface area contributed by atoms with Crippen molar-refractivity contribution in [3.8, 4) is 5.69 Å². The third-order valence-corrected chi connectivity index (χ3v) is 4.49. The van der Waals surface area contributed by atoms with Crippen LogP contribution in [-0.4, -0.2) is 22.9 Å². The Morgan fingerprint density at radius 2 is 1.63 bits per heavy atom. The Morgan fingerprint density at radius 1 is 0.933 bits per heavy atom. The molecule has 2 N–H and O–H groups in total. The van der Waals surface area contributed by atoms with Crippen LogP contribution in [0.1, 0.15) is 21.7 Å². The molecule has 0 saturated carbocycles. The molecule has 3 aromatic rings. The van der Waals surface area contributed by atoms with E-state index in [4.69, 9.17) is 0 Å². The van der Waals surface area contributed by atoms with Gasteiger partial charge >= 0.3 is 0 Å². The fraction of sp³-hybridized carbons (Fsp3) is 0.143. The Kier molecular flexibility index (Phi) is 5.91. The highest BCUT2D eigenvalue weighted by atomic mass is 19.2. The van der Waals surface area contributed by atoms with Gasteiger partial charge in [0.2, 0.25) is 5.91 Å². The molecule has 0 atom stereocenters. The first-order valence-corrected chi connectivity index (χ1v) is 8.86. The zero-order chi connectivity index (χ0) is 22.0. The van der Waals surface area contributed by atoms with Crippen molar-refractivity contribution in [3.63, 3.8) is 0 Å². The third-order valence-electron chi connectivity index (χ3n) is 4.49. The van der Waals surface area contributed by atoms with Crippen LogP contribution in [0.25, 0.3) is 5.69 Å². The Bertz CT molecular complexity index is 1140. The molecule has 0 aliphatic heterocycles. The SMILES string of the molecule is Cc1cc(C(=O)NCC(=O)Nc2ccc(F)c(F)c2F)c(C)n1-c1ccccc1F. The summed E-state index contributed by atoms with van der Waals surface area (Å²) in [7, 11) is 0. The highest BCUT2D eigenvalue weighted by Crippen LogP contribution is 2.23. The maximum Gasteiger partial charge on any atom is 0.253 e. The summed E-state index contributed by atoms with van der Waals surface area (Å²) in [6, 6.07) is 9.17. The maximum absolute atomic E-state index is 14.1. The monoisotopic (exact) mass is 419 g/mol. The molecular formula is C21H17F4N3O2. The van der Waals surface area contributed by atoms with E-state index in [1.54, 1.807) is 42.7 Å². The number of hydrogen-bond donors (Lipinski definition) is 2. The number of carbonyl (C=O) groups excluding carboxylic acids is 2.